The van der Waals surface area contributed by atoms with Crippen molar-refractivity contribution >= 4 is 33.4 Å². The number of aryl methyl sites for hydroxylation is 1. The summed E-state index contributed by atoms with van der Waals surface area (Å²) in [6.07, 6.45) is 0. The maximum absolute atomic E-state index is 12.1. The normalized spacial score (nSPS) is 11.9. The van der Waals surface area contributed by atoms with Gasteiger partial charge in [0.15, 0.2) is 0 Å². The summed E-state index contributed by atoms with van der Waals surface area (Å²) in [5.41, 5.74) is 2.67. The highest BCUT2D eigenvalue weighted by Crippen LogP contribution is 2.19. The van der Waals surface area contributed by atoms with Crippen LogP contribution in [0.25, 0.3) is 0 Å². The number of carbonyl (C=O) groups excluding carboxylic acids is 1. The van der Waals surface area contributed by atoms with Gasteiger partial charge in [0, 0.05) is 16.6 Å². The molecule has 0 aliphatic heterocycles. The molecule has 2 nitrogen and oxygen atoms in total. The molecule has 0 aromatic heterocycles. The number of halogens is 2. The Labute approximate surface area is 132 Å². The van der Waals surface area contributed by atoms with E-state index in [1.54, 1.807) is 6.07 Å². The van der Waals surface area contributed by atoms with Crippen molar-refractivity contribution < 1.29 is 4.79 Å². The SMILES string of the molecule is Cc1cc(Br)cc(C(=O)NCC(Cl)c2ccccc2)c1. The fraction of sp³-hybridized carbons (Fsp3) is 0.188. The molecular weight excluding hydrogens is 338 g/mol. The average Bonchev–Trinajstić information content (AvgIpc) is 2.44. The predicted molar refractivity (Wildman–Crippen MR) is 86.2 cm³/mol. The highest BCUT2D eigenvalue weighted by molar-refractivity contribution is 9.10. The lowest BCUT2D eigenvalue weighted by Crippen LogP contribution is -2.26. The topological polar surface area (TPSA) is 29.1 Å². The molecule has 20 heavy (non-hydrogen) atoms. The smallest absolute Gasteiger partial charge is 0.251 e. The minimum Gasteiger partial charge on any atom is -0.350 e. The zero-order chi connectivity index (χ0) is 14.5. The number of alkyl halides is 1. The van der Waals surface area contributed by atoms with Gasteiger partial charge in [-0.1, -0.05) is 46.3 Å². The lowest BCUT2D eigenvalue weighted by molar-refractivity contribution is 0.0953. The molecule has 4 heteroatoms. The Morgan fingerprint density at radius 1 is 1.25 bits per heavy atom. The van der Waals surface area contributed by atoms with Gasteiger partial charge in [0.05, 0.1) is 5.38 Å². The first-order chi connectivity index (χ1) is 9.56. The van der Waals surface area contributed by atoms with E-state index >= 15 is 0 Å². The van der Waals surface area contributed by atoms with Crippen LogP contribution in [0.15, 0.2) is 53.0 Å². The van der Waals surface area contributed by atoms with Gasteiger partial charge in [-0.25, -0.2) is 0 Å². The first-order valence-corrected chi connectivity index (χ1v) is 7.53. The zero-order valence-electron chi connectivity index (χ0n) is 11.1. The van der Waals surface area contributed by atoms with Gasteiger partial charge in [-0.15, -0.1) is 11.6 Å². The van der Waals surface area contributed by atoms with Crippen molar-refractivity contribution in [1.82, 2.24) is 5.32 Å². The van der Waals surface area contributed by atoms with Crippen molar-refractivity contribution in [3.05, 3.63) is 69.7 Å². The van der Waals surface area contributed by atoms with Crippen molar-refractivity contribution in [3.8, 4) is 0 Å². The standard InChI is InChI=1S/C16H15BrClNO/c1-11-7-13(9-14(17)8-11)16(20)19-10-15(18)12-5-3-2-4-6-12/h2-9,15H,10H2,1H3,(H,19,20). The molecule has 2 rings (SSSR count). The number of nitrogens with one attached hydrogen (secondary N) is 1. The second kappa shape index (κ2) is 6.91. The second-order valence-corrected chi connectivity index (χ2v) is 6.05. The maximum Gasteiger partial charge on any atom is 0.251 e. The van der Waals surface area contributed by atoms with E-state index in [1.807, 2.05) is 49.4 Å². The molecule has 0 saturated heterocycles. The van der Waals surface area contributed by atoms with Gasteiger partial charge in [-0.2, -0.15) is 0 Å². The Morgan fingerprint density at radius 3 is 2.60 bits per heavy atom. The minimum absolute atomic E-state index is 0.115. The molecule has 0 heterocycles. The van der Waals surface area contributed by atoms with Crippen LogP contribution in [0.3, 0.4) is 0 Å². The number of hydrogen-bond acceptors (Lipinski definition) is 1. The van der Waals surface area contributed by atoms with Crippen LogP contribution in [-0.4, -0.2) is 12.5 Å². The van der Waals surface area contributed by atoms with Crippen molar-refractivity contribution in [2.45, 2.75) is 12.3 Å². The number of amides is 1. The highest BCUT2D eigenvalue weighted by atomic mass is 79.9. The quantitative estimate of drug-likeness (QED) is 0.808. The fourth-order valence-electron chi connectivity index (χ4n) is 1.93. The number of hydrogen-bond donors (Lipinski definition) is 1. The molecule has 0 saturated carbocycles. The molecule has 0 radical (unpaired) electrons. The largest absolute Gasteiger partial charge is 0.350 e. The Hall–Kier alpha value is -1.32. The van der Waals surface area contributed by atoms with Gasteiger partial charge in [-0.3, -0.25) is 4.79 Å². The number of benzene rings is 2. The van der Waals surface area contributed by atoms with Gasteiger partial charge in [0.2, 0.25) is 0 Å². The summed E-state index contributed by atoms with van der Waals surface area (Å²) in [5, 5.41) is 2.63. The maximum atomic E-state index is 12.1. The first kappa shape index (κ1) is 15.1. The van der Waals surface area contributed by atoms with Crippen LogP contribution in [0, 0.1) is 6.92 Å². The molecule has 0 bridgehead atoms. The highest BCUT2D eigenvalue weighted by Gasteiger charge is 2.11. The third kappa shape index (κ3) is 4.09. The van der Waals surface area contributed by atoms with E-state index in [2.05, 4.69) is 21.2 Å². The van der Waals surface area contributed by atoms with Gasteiger partial charge in [0.1, 0.15) is 0 Å². The van der Waals surface area contributed by atoms with E-state index < -0.39 is 0 Å². The van der Waals surface area contributed by atoms with E-state index in [0.717, 1.165) is 15.6 Å². The fourth-order valence-corrected chi connectivity index (χ4v) is 2.76. The number of carbonyl (C=O) groups is 1. The van der Waals surface area contributed by atoms with Gasteiger partial charge in [-0.05, 0) is 36.2 Å². The van der Waals surface area contributed by atoms with Gasteiger partial charge < -0.3 is 5.32 Å². The Morgan fingerprint density at radius 2 is 1.95 bits per heavy atom. The Kier molecular flexibility index (Phi) is 5.21. The van der Waals surface area contributed by atoms with Crippen molar-refractivity contribution in [2.24, 2.45) is 0 Å². The molecule has 104 valence electrons. The molecular formula is C16H15BrClNO. The average molecular weight is 353 g/mol. The Balaban J connectivity index is 1.98. The summed E-state index contributed by atoms with van der Waals surface area (Å²) in [6, 6.07) is 15.3. The van der Waals surface area contributed by atoms with E-state index in [9.17, 15) is 4.79 Å². The third-order valence-electron chi connectivity index (χ3n) is 2.91. The Bertz CT molecular complexity index is 580. The molecule has 0 fully saturated rings. The summed E-state index contributed by atoms with van der Waals surface area (Å²) in [4.78, 5) is 12.1. The third-order valence-corrected chi connectivity index (χ3v) is 3.77. The van der Waals surface area contributed by atoms with E-state index in [-0.39, 0.29) is 11.3 Å². The van der Waals surface area contributed by atoms with Crippen molar-refractivity contribution in [2.75, 3.05) is 6.54 Å². The molecule has 0 aliphatic carbocycles. The molecule has 1 unspecified atom stereocenters. The first-order valence-electron chi connectivity index (χ1n) is 6.30. The molecule has 1 N–H and O–H groups in total. The van der Waals surface area contributed by atoms with Crippen LogP contribution in [0.4, 0.5) is 0 Å². The van der Waals surface area contributed by atoms with Crippen LogP contribution >= 0.6 is 27.5 Å². The van der Waals surface area contributed by atoms with Crippen LogP contribution in [0.2, 0.25) is 0 Å². The molecule has 1 amide bonds. The van der Waals surface area contributed by atoms with Crippen LogP contribution in [0.5, 0.6) is 0 Å². The number of rotatable bonds is 4. The van der Waals surface area contributed by atoms with Gasteiger partial charge >= 0.3 is 0 Å². The van der Waals surface area contributed by atoms with E-state index in [0.29, 0.717) is 12.1 Å². The summed E-state index contributed by atoms with van der Waals surface area (Å²) >= 11 is 9.67. The molecule has 0 aliphatic rings. The molecule has 1 atom stereocenters. The second-order valence-electron chi connectivity index (χ2n) is 4.61. The molecule has 2 aromatic carbocycles. The summed E-state index contributed by atoms with van der Waals surface area (Å²) in [5.74, 6) is -0.115. The summed E-state index contributed by atoms with van der Waals surface area (Å²) in [7, 11) is 0. The minimum atomic E-state index is -0.228. The van der Waals surface area contributed by atoms with Crippen molar-refractivity contribution in [3.63, 3.8) is 0 Å². The molecule has 2 aromatic rings. The summed E-state index contributed by atoms with van der Waals surface area (Å²) < 4.78 is 0.896. The van der Waals surface area contributed by atoms with E-state index in [1.165, 1.54) is 0 Å². The monoisotopic (exact) mass is 351 g/mol. The van der Waals surface area contributed by atoms with E-state index in [4.69, 9.17) is 11.6 Å². The van der Waals surface area contributed by atoms with Crippen LogP contribution in [-0.2, 0) is 0 Å². The van der Waals surface area contributed by atoms with Crippen molar-refractivity contribution in [1.29, 1.82) is 0 Å². The van der Waals surface area contributed by atoms with Crippen LogP contribution in [0.1, 0.15) is 26.9 Å². The lowest BCUT2D eigenvalue weighted by Gasteiger charge is -2.11. The lowest BCUT2D eigenvalue weighted by atomic mass is 10.1. The molecule has 0 spiro atoms. The zero-order valence-corrected chi connectivity index (χ0v) is 13.4. The van der Waals surface area contributed by atoms with Crippen LogP contribution < -0.4 is 5.32 Å². The predicted octanol–water partition coefficient (Wildman–Crippen LogP) is 4.47. The summed E-state index contributed by atoms with van der Waals surface area (Å²) in [6.45, 7) is 2.35. The van der Waals surface area contributed by atoms with Gasteiger partial charge in [0.25, 0.3) is 5.91 Å².